The number of aliphatic hydroxyl groups is 1. The highest BCUT2D eigenvalue weighted by atomic mass is 16.6. The number of hydrogen-bond donors (Lipinski definition) is 1. The van der Waals surface area contributed by atoms with Crippen LogP contribution in [0.5, 0.6) is 0 Å². The fraction of sp³-hybridized carbons (Fsp3) is 0.400. The zero-order valence-corrected chi connectivity index (χ0v) is 12.1. The lowest BCUT2D eigenvalue weighted by Crippen LogP contribution is -2.47. The van der Waals surface area contributed by atoms with E-state index in [-0.39, 0.29) is 6.61 Å². The van der Waals surface area contributed by atoms with Crippen molar-refractivity contribution in [3.63, 3.8) is 0 Å². The van der Waals surface area contributed by atoms with Gasteiger partial charge in [0.25, 0.3) is 0 Å². The highest BCUT2D eigenvalue weighted by Crippen LogP contribution is 2.25. The van der Waals surface area contributed by atoms with Crippen molar-refractivity contribution < 1.29 is 19.4 Å². The summed E-state index contributed by atoms with van der Waals surface area (Å²) < 4.78 is 12.2. The molecule has 116 valence electrons. The summed E-state index contributed by atoms with van der Waals surface area (Å²) in [5, 5.41) is 18.2. The van der Waals surface area contributed by atoms with Gasteiger partial charge in [0.05, 0.1) is 19.4 Å². The Morgan fingerprint density at radius 3 is 2.86 bits per heavy atom. The fourth-order valence-electron chi connectivity index (χ4n) is 2.51. The van der Waals surface area contributed by atoms with E-state index in [2.05, 4.69) is 10.3 Å². The summed E-state index contributed by atoms with van der Waals surface area (Å²) in [5.41, 5.74) is 1.65. The van der Waals surface area contributed by atoms with Crippen LogP contribution in [-0.2, 0) is 14.3 Å². The van der Waals surface area contributed by atoms with Crippen LogP contribution in [-0.4, -0.2) is 51.5 Å². The first-order chi connectivity index (χ1) is 10.6. The van der Waals surface area contributed by atoms with Gasteiger partial charge in [-0.3, -0.25) is 4.79 Å². The van der Waals surface area contributed by atoms with Crippen molar-refractivity contribution in [1.29, 1.82) is 0 Å². The van der Waals surface area contributed by atoms with Crippen molar-refractivity contribution in [3.8, 4) is 11.3 Å². The van der Waals surface area contributed by atoms with Crippen molar-refractivity contribution in [2.75, 3.05) is 13.2 Å². The van der Waals surface area contributed by atoms with E-state index in [1.807, 2.05) is 30.3 Å². The Bertz CT molecular complexity index is 643. The van der Waals surface area contributed by atoms with Crippen LogP contribution in [0.1, 0.15) is 13.0 Å². The highest BCUT2D eigenvalue weighted by Gasteiger charge is 2.37. The molecular formula is C15H17N3O4. The zero-order valence-electron chi connectivity index (χ0n) is 12.1. The van der Waals surface area contributed by atoms with Gasteiger partial charge in [-0.25, -0.2) is 4.68 Å². The third-order valence-corrected chi connectivity index (χ3v) is 3.56. The molecule has 1 N–H and O–H groups in total. The Morgan fingerprint density at radius 1 is 1.36 bits per heavy atom. The molecule has 3 atom stereocenters. The molecule has 0 spiro atoms. The molecular weight excluding hydrogens is 286 g/mol. The molecule has 1 saturated heterocycles. The predicted octanol–water partition coefficient (Wildman–Crippen LogP) is 0.809. The number of hydrogen-bond acceptors (Lipinski definition) is 6. The third-order valence-electron chi connectivity index (χ3n) is 3.56. The van der Waals surface area contributed by atoms with Gasteiger partial charge >= 0.3 is 5.97 Å². The van der Waals surface area contributed by atoms with Gasteiger partial charge in [0.2, 0.25) is 0 Å². The Kier molecular flexibility index (Phi) is 4.17. The number of ether oxygens (including phenoxy) is 2. The molecule has 1 fully saturated rings. The molecule has 7 heteroatoms. The van der Waals surface area contributed by atoms with E-state index in [1.54, 1.807) is 10.9 Å². The smallest absolute Gasteiger partial charge is 0.303 e. The molecule has 3 rings (SSSR count). The average molecular weight is 303 g/mol. The Hall–Kier alpha value is -2.25. The van der Waals surface area contributed by atoms with Crippen LogP contribution in [0.3, 0.4) is 0 Å². The van der Waals surface area contributed by atoms with Gasteiger partial charge in [0.1, 0.15) is 17.8 Å². The molecule has 0 bridgehead atoms. The van der Waals surface area contributed by atoms with Crippen LogP contribution >= 0.6 is 0 Å². The maximum absolute atomic E-state index is 11.2. The maximum Gasteiger partial charge on any atom is 0.303 e. The number of aromatic nitrogens is 3. The van der Waals surface area contributed by atoms with E-state index in [0.717, 1.165) is 5.56 Å². The first-order valence-corrected chi connectivity index (χ1v) is 7.05. The SMILES string of the molecule is CC(=O)OC1C(O)COCC1n1cc(-c2ccccc2)nn1. The lowest BCUT2D eigenvalue weighted by molar-refractivity contribution is -0.172. The monoisotopic (exact) mass is 303 g/mol. The Labute approximate surface area is 127 Å². The predicted molar refractivity (Wildman–Crippen MR) is 76.9 cm³/mol. The quantitative estimate of drug-likeness (QED) is 0.844. The second-order valence-electron chi connectivity index (χ2n) is 5.20. The number of carbonyl (C=O) groups excluding carboxylic acids is 1. The summed E-state index contributed by atoms with van der Waals surface area (Å²) in [6, 6.07) is 9.23. The van der Waals surface area contributed by atoms with Crippen LogP contribution in [0.15, 0.2) is 36.5 Å². The van der Waals surface area contributed by atoms with Crippen molar-refractivity contribution in [2.24, 2.45) is 0 Å². The second-order valence-corrected chi connectivity index (χ2v) is 5.20. The summed E-state index contributed by atoms with van der Waals surface area (Å²) >= 11 is 0. The standard InChI is InChI=1S/C15H17N3O4/c1-10(19)22-15-13(8-21-9-14(15)20)18-7-12(16-17-18)11-5-3-2-4-6-11/h2-7,13-15,20H,8-9H2,1H3. The summed E-state index contributed by atoms with van der Waals surface area (Å²) in [4.78, 5) is 11.2. The number of carbonyl (C=O) groups is 1. The number of benzene rings is 1. The molecule has 3 unspecified atom stereocenters. The minimum atomic E-state index is -0.882. The topological polar surface area (TPSA) is 86.5 Å². The Balaban J connectivity index is 1.85. The average Bonchev–Trinajstić information content (AvgIpc) is 2.99. The van der Waals surface area contributed by atoms with Gasteiger partial charge in [0, 0.05) is 12.5 Å². The van der Waals surface area contributed by atoms with Crippen LogP contribution in [0.2, 0.25) is 0 Å². The largest absolute Gasteiger partial charge is 0.457 e. The van der Waals surface area contributed by atoms with Crippen LogP contribution in [0.25, 0.3) is 11.3 Å². The molecule has 0 radical (unpaired) electrons. The maximum atomic E-state index is 11.2. The first-order valence-electron chi connectivity index (χ1n) is 7.05. The summed E-state index contributed by atoms with van der Waals surface area (Å²) in [5.74, 6) is -0.445. The minimum absolute atomic E-state index is 0.134. The molecule has 2 aromatic rings. The molecule has 2 heterocycles. The van der Waals surface area contributed by atoms with Gasteiger partial charge in [-0.2, -0.15) is 0 Å². The number of rotatable bonds is 3. The van der Waals surface area contributed by atoms with Gasteiger partial charge in [0.15, 0.2) is 6.10 Å². The van der Waals surface area contributed by atoms with E-state index in [1.165, 1.54) is 6.92 Å². The lowest BCUT2D eigenvalue weighted by atomic mass is 10.0. The van der Waals surface area contributed by atoms with Crippen molar-refractivity contribution in [2.45, 2.75) is 25.2 Å². The summed E-state index contributed by atoms with van der Waals surface area (Å²) in [7, 11) is 0. The van der Waals surface area contributed by atoms with Crippen LogP contribution in [0, 0.1) is 0 Å². The molecule has 7 nitrogen and oxygen atoms in total. The van der Waals surface area contributed by atoms with E-state index < -0.39 is 24.2 Å². The van der Waals surface area contributed by atoms with E-state index in [9.17, 15) is 9.90 Å². The number of aliphatic hydroxyl groups excluding tert-OH is 1. The van der Waals surface area contributed by atoms with Gasteiger partial charge in [-0.05, 0) is 0 Å². The third kappa shape index (κ3) is 3.00. The van der Waals surface area contributed by atoms with Gasteiger partial charge in [-0.15, -0.1) is 5.10 Å². The molecule has 22 heavy (non-hydrogen) atoms. The number of nitrogens with zero attached hydrogens (tertiary/aromatic N) is 3. The van der Waals surface area contributed by atoms with Crippen LogP contribution in [0.4, 0.5) is 0 Å². The molecule has 1 aromatic carbocycles. The fourth-order valence-corrected chi connectivity index (χ4v) is 2.51. The van der Waals surface area contributed by atoms with Crippen molar-refractivity contribution in [1.82, 2.24) is 15.0 Å². The molecule has 1 aromatic heterocycles. The van der Waals surface area contributed by atoms with Gasteiger partial charge in [-0.1, -0.05) is 35.5 Å². The normalized spacial score (nSPS) is 24.9. The molecule has 1 aliphatic rings. The van der Waals surface area contributed by atoms with E-state index in [0.29, 0.717) is 12.3 Å². The summed E-state index contributed by atoms with van der Waals surface area (Å²) in [6.07, 6.45) is 0.182. The van der Waals surface area contributed by atoms with Crippen molar-refractivity contribution >= 4 is 5.97 Å². The molecule has 0 amide bonds. The lowest BCUT2D eigenvalue weighted by Gasteiger charge is -2.34. The van der Waals surface area contributed by atoms with Crippen LogP contribution < -0.4 is 0 Å². The minimum Gasteiger partial charge on any atom is -0.457 e. The first kappa shape index (κ1) is 14.7. The van der Waals surface area contributed by atoms with E-state index in [4.69, 9.17) is 9.47 Å². The number of esters is 1. The van der Waals surface area contributed by atoms with E-state index >= 15 is 0 Å². The highest BCUT2D eigenvalue weighted by molar-refractivity contribution is 5.66. The Morgan fingerprint density at radius 2 is 2.14 bits per heavy atom. The molecule has 0 aliphatic carbocycles. The summed E-state index contributed by atoms with van der Waals surface area (Å²) in [6.45, 7) is 1.75. The second kappa shape index (κ2) is 6.25. The van der Waals surface area contributed by atoms with Crippen molar-refractivity contribution in [3.05, 3.63) is 36.5 Å². The zero-order chi connectivity index (χ0) is 15.5. The van der Waals surface area contributed by atoms with Gasteiger partial charge < -0.3 is 14.6 Å². The molecule has 1 aliphatic heterocycles. The molecule has 0 saturated carbocycles.